The smallest absolute Gasteiger partial charge is 0.338 e. The molecule has 0 heterocycles. The molecule has 2 rings (SSSR count). The van der Waals surface area contributed by atoms with E-state index in [2.05, 4.69) is 10.6 Å². The van der Waals surface area contributed by atoms with Crippen LogP contribution in [0.2, 0.25) is 0 Å². The number of ether oxygens (including phenoxy) is 1. The van der Waals surface area contributed by atoms with Gasteiger partial charge in [-0.2, -0.15) is 0 Å². The molecule has 0 radical (unpaired) electrons. The van der Waals surface area contributed by atoms with Crippen LogP contribution in [0.3, 0.4) is 0 Å². The summed E-state index contributed by atoms with van der Waals surface area (Å²) in [6.07, 6.45) is -0.281. The number of carbonyl (C=O) groups is 3. The number of carbonyl (C=O) groups excluding carboxylic acids is 3. The molecule has 0 spiro atoms. The molecule has 1 unspecified atom stereocenters. The van der Waals surface area contributed by atoms with Crippen molar-refractivity contribution >= 4 is 23.5 Å². The first-order chi connectivity index (χ1) is 12.5. The second kappa shape index (κ2) is 9.36. The largest absolute Gasteiger partial charge is 0.462 e. The van der Waals surface area contributed by atoms with E-state index in [0.717, 1.165) is 5.56 Å². The van der Waals surface area contributed by atoms with Crippen LogP contribution in [0.1, 0.15) is 42.2 Å². The Labute approximate surface area is 152 Å². The quantitative estimate of drug-likeness (QED) is 0.591. The number of hydrogen-bond acceptors (Lipinski definition) is 4. The number of rotatable bonds is 7. The average Bonchev–Trinajstić information content (AvgIpc) is 2.63. The third-order valence-corrected chi connectivity index (χ3v) is 3.68. The van der Waals surface area contributed by atoms with Crippen molar-refractivity contribution in [2.45, 2.75) is 26.3 Å². The molecule has 0 saturated heterocycles. The van der Waals surface area contributed by atoms with Crippen LogP contribution in [0.5, 0.6) is 0 Å². The van der Waals surface area contributed by atoms with Crippen LogP contribution in [-0.2, 0) is 14.3 Å². The van der Waals surface area contributed by atoms with Gasteiger partial charge in [0.25, 0.3) is 0 Å². The van der Waals surface area contributed by atoms with E-state index in [0.29, 0.717) is 17.9 Å². The molecule has 0 aliphatic rings. The van der Waals surface area contributed by atoms with Gasteiger partial charge in [0.2, 0.25) is 11.8 Å². The highest BCUT2D eigenvalue weighted by Gasteiger charge is 2.14. The number of nitrogens with one attached hydrogen (secondary N) is 2. The molecule has 2 aromatic rings. The fraction of sp³-hybridized carbons (Fsp3) is 0.250. The standard InChI is InChI=1S/C20H22N2O4/c1-3-26-20(25)16-9-11-17(12-10-16)22-19(24)13-18(23)21-14(2)15-7-5-4-6-8-15/h4-12,14H,3,13H2,1-2H3,(H,21,23)(H,22,24). The maximum atomic E-state index is 12.0. The van der Waals surface area contributed by atoms with Crippen molar-refractivity contribution in [3.63, 3.8) is 0 Å². The molecule has 2 amide bonds. The third-order valence-electron chi connectivity index (χ3n) is 3.68. The lowest BCUT2D eigenvalue weighted by Crippen LogP contribution is -2.30. The monoisotopic (exact) mass is 354 g/mol. The molecule has 2 N–H and O–H groups in total. The second-order valence-corrected chi connectivity index (χ2v) is 5.72. The van der Waals surface area contributed by atoms with Gasteiger partial charge in [0.1, 0.15) is 6.42 Å². The number of anilines is 1. The molecule has 6 nitrogen and oxygen atoms in total. The van der Waals surface area contributed by atoms with E-state index in [1.807, 2.05) is 37.3 Å². The summed E-state index contributed by atoms with van der Waals surface area (Å²) in [5.74, 6) is -1.20. The Bertz CT molecular complexity index is 757. The summed E-state index contributed by atoms with van der Waals surface area (Å²) < 4.78 is 4.90. The molecule has 0 fully saturated rings. The van der Waals surface area contributed by atoms with Gasteiger partial charge in [-0.3, -0.25) is 9.59 Å². The fourth-order valence-corrected chi connectivity index (χ4v) is 2.37. The van der Waals surface area contributed by atoms with E-state index in [1.165, 1.54) is 0 Å². The van der Waals surface area contributed by atoms with E-state index in [-0.39, 0.29) is 18.4 Å². The van der Waals surface area contributed by atoms with Crippen LogP contribution in [0.25, 0.3) is 0 Å². The van der Waals surface area contributed by atoms with E-state index in [4.69, 9.17) is 4.74 Å². The van der Waals surface area contributed by atoms with Gasteiger partial charge in [0, 0.05) is 5.69 Å². The first-order valence-corrected chi connectivity index (χ1v) is 8.41. The summed E-state index contributed by atoms with van der Waals surface area (Å²) in [4.78, 5) is 35.6. The molecule has 136 valence electrons. The lowest BCUT2D eigenvalue weighted by Gasteiger charge is -2.14. The summed E-state index contributed by atoms with van der Waals surface area (Å²) in [6.45, 7) is 3.89. The highest BCUT2D eigenvalue weighted by Crippen LogP contribution is 2.13. The SMILES string of the molecule is CCOC(=O)c1ccc(NC(=O)CC(=O)NC(C)c2ccccc2)cc1. The number of esters is 1. The van der Waals surface area contributed by atoms with Crippen molar-refractivity contribution in [3.05, 3.63) is 65.7 Å². The summed E-state index contributed by atoms with van der Waals surface area (Å²) in [5.41, 5.74) is 1.88. The van der Waals surface area contributed by atoms with Gasteiger partial charge in [0.15, 0.2) is 0 Å². The van der Waals surface area contributed by atoms with Crippen LogP contribution < -0.4 is 10.6 Å². The third kappa shape index (κ3) is 5.73. The Morgan fingerprint density at radius 1 is 0.962 bits per heavy atom. The van der Waals surface area contributed by atoms with Crippen molar-refractivity contribution in [2.75, 3.05) is 11.9 Å². The summed E-state index contributed by atoms with van der Waals surface area (Å²) in [7, 11) is 0. The van der Waals surface area contributed by atoms with Crippen LogP contribution >= 0.6 is 0 Å². The highest BCUT2D eigenvalue weighted by atomic mass is 16.5. The van der Waals surface area contributed by atoms with Gasteiger partial charge in [-0.15, -0.1) is 0 Å². The van der Waals surface area contributed by atoms with Crippen molar-refractivity contribution in [2.24, 2.45) is 0 Å². The van der Waals surface area contributed by atoms with Crippen LogP contribution in [0.4, 0.5) is 5.69 Å². The zero-order chi connectivity index (χ0) is 18.9. The van der Waals surface area contributed by atoms with Crippen molar-refractivity contribution in [3.8, 4) is 0 Å². The second-order valence-electron chi connectivity index (χ2n) is 5.72. The van der Waals surface area contributed by atoms with Crippen LogP contribution in [-0.4, -0.2) is 24.4 Å². The number of benzene rings is 2. The Balaban J connectivity index is 1.84. The molecular formula is C20H22N2O4. The lowest BCUT2D eigenvalue weighted by molar-refractivity contribution is -0.127. The molecule has 2 aromatic carbocycles. The first kappa shape index (κ1) is 19.2. The Kier molecular flexibility index (Phi) is 6.91. The minimum absolute atomic E-state index is 0.180. The van der Waals surface area contributed by atoms with Crippen molar-refractivity contribution < 1.29 is 19.1 Å². The fourth-order valence-electron chi connectivity index (χ4n) is 2.37. The highest BCUT2D eigenvalue weighted by molar-refractivity contribution is 6.03. The molecule has 0 aliphatic carbocycles. The summed E-state index contributed by atoms with van der Waals surface area (Å²) >= 11 is 0. The molecule has 6 heteroatoms. The minimum atomic E-state index is -0.424. The summed E-state index contributed by atoms with van der Waals surface area (Å²) in [5, 5.41) is 5.42. The normalized spacial score (nSPS) is 11.3. The molecule has 0 aliphatic heterocycles. The van der Waals surface area contributed by atoms with E-state index in [1.54, 1.807) is 31.2 Å². The predicted octanol–water partition coefficient (Wildman–Crippen LogP) is 3.07. The Morgan fingerprint density at radius 3 is 2.23 bits per heavy atom. The van der Waals surface area contributed by atoms with E-state index < -0.39 is 11.9 Å². The number of hydrogen-bond donors (Lipinski definition) is 2. The van der Waals surface area contributed by atoms with E-state index >= 15 is 0 Å². The maximum Gasteiger partial charge on any atom is 0.338 e. The maximum absolute atomic E-state index is 12.0. The summed E-state index contributed by atoms with van der Waals surface area (Å²) in [6, 6.07) is 15.6. The van der Waals surface area contributed by atoms with Gasteiger partial charge in [-0.1, -0.05) is 30.3 Å². The van der Waals surface area contributed by atoms with Gasteiger partial charge >= 0.3 is 5.97 Å². The molecule has 26 heavy (non-hydrogen) atoms. The van der Waals surface area contributed by atoms with Gasteiger partial charge in [0.05, 0.1) is 18.2 Å². The Morgan fingerprint density at radius 2 is 1.62 bits per heavy atom. The van der Waals surface area contributed by atoms with Crippen LogP contribution in [0, 0.1) is 0 Å². The van der Waals surface area contributed by atoms with Crippen molar-refractivity contribution in [1.29, 1.82) is 0 Å². The van der Waals surface area contributed by atoms with Crippen molar-refractivity contribution in [1.82, 2.24) is 5.32 Å². The number of amides is 2. The molecule has 0 bridgehead atoms. The Hall–Kier alpha value is -3.15. The lowest BCUT2D eigenvalue weighted by atomic mass is 10.1. The zero-order valence-corrected chi connectivity index (χ0v) is 14.8. The zero-order valence-electron chi connectivity index (χ0n) is 14.8. The van der Waals surface area contributed by atoms with Gasteiger partial charge in [-0.05, 0) is 43.7 Å². The van der Waals surface area contributed by atoms with Gasteiger partial charge in [-0.25, -0.2) is 4.79 Å². The predicted molar refractivity (Wildman–Crippen MR) is 98.6 cm³/mol. The van der Waals surface area contributed by atoms with Crippen LogP contribution in [0.15, 0.2) is 54.6 Å². The average molecular weight is 354 g/mol. The molecular weight excluding hydrogens is 332 g/mol. The van der Waals surface area contributed by atoms with Gasteiger partial charge < -0.3 is 15.4 Å². The minimum Gasteiger partial charge on any atom is -0.462 e. The first-order valence-electron chi connectivity index (χ1n) is 8.41. The molecule has 0 saturated carbocycles. The van der Waals surface area contributed by atoms with E-state index in [9.17, 15) is 14.4 Å². The topological polar surface area (TPSA) is 84.5 Å². The molecule has 0 aromatic heterocycles. The molecule has 1 atom stereocenters.